The number of carbonyl (C=O) groups excluding carboxylic acids is 1. The van der Waals surface area contributed by atoms with Crippen LogP contribution in [0.2, 0.25) is 0 Å². The number of carbonyl (C=O) groups is 1. The third-order valence-electron chi connectivity index (χ3n) is 6.64. The highest BCUT2D eigenvalue weighted by molar-refractivity contribution is 5.86. The number of pyridine rings is 1. The monoisotopic (exact) mass is 499 g/mol. The van der Waals surface area contributed by atoms with Gasteiger partial charge in [0.05, 0.1) is 0 Å². The number of nitrogens with zero attached hydrogens (tertiary/aromatic N) is 2. The minimum atomic E-state index is -4.47. The van der Waals surface area contributed by atoms with Crippen molar-refractivity contribution in [3.63, 3.8) is 0 Å². The lowest BCUT2D eigenvalue weighted by Gasteiger charge is -2.34. The lowest BCUT2D eigenvalue weighted by Crippen LogP contribution is -2.40. The third-order valence-corrected chi connectivity index (χ3v) is 6.64. The number of anilines is 1. The molecule has 1 atom stereocenters. The van der Waals surface area contributed by atoms with Crippen LogP contribution in [0, 0.1) is 5.82 Å². The first-order valence-electron chi connectivity index (χ1n) is 12.1. The number of nitrogens with one attached hydrogen (secondary N) is 1. The van der Waals surface area contributed by atoms with E-state index >= 15 is 0 Å². The summed E-state index contributed by atoms with van der Waals surface area (Å²) in [4.78, 5) is 18.6. The van der Waals surface area contributed by atoms with Crippen molar-refractivity contribution in [1.29, 1.82) is 0 Å². The predicted molar refractivity (Wildman–Crippen MR) is 131 cm³/mol. The second-order valence-corrected chi connectivity index (χ2v) is 9.07. The Morgan fingerprint density at radius 3 is 2.39 bits per heavy atom. The molecule has 0 aliphatic heterocycles. The topological polar surface area (TPSA) is 45.2 Å². The Labute approximate surface area is 208 Å². The molecule has 1 N–H and O–H groups in total. The van der Waals surface area contributed by atoms with Gasteiger partial charge in [-0.1, -0.05) is 24.3 Å². The molecular formula is C28H29F4N3O. The predicted octanol–water partition coefficient (Wildman–Crippen LogP) is 6.04. The van der Waals surface area contributed by atoms with Crippen molar-refractivity contribution < 1.29 is 22.4 Å². The van der Waals surface area contributed by atoms with E-state index in [1.165, 1.54) is 35.5 Å². The van der Waals surface area contributed by atoms with E-state index in [0.29, 0.717) is 30.5 Å². The summed E-state index contributed by atoms with van der Waals surface area (Å²) in [6.07, 6.45) is 2.15. The van der Waals surface area contributed by atoms with Gasteiger partial charge in [0.15, 0.2) is 0 Å². The summed E-state index contributed by atoms with van der Waals surface area (Å²) in [5, 5.41) is 2.73. The number of alkyl halides is 3. The second-order valence-electron chi connectivity index (χ2n) is 9.07. The molecule has 3 aromatic rings. The fraction of sp³-hybridized carbons (Fsp3) is 0.357. The van der Waals surface area contributed by atoms with Crippen LogP contribution in [0.1, 0.15) is 53.3 Å². The van der Waals surface area contributed by atoms with Gasteiger partial charge in [0, 0.05) is 25.5 Å². The van der Waals surface area contributed by atoms with Gasteiger partial charge in [-0.25, -0.2) is 4.39 Å². The molecule has 8 heteroatoms. The fourth-order valence-electron chi connectivity index (χ4n) is 4.75. The highest BCUT2D eigenvalue weighted by atomic mass is 19.4. The zero-order valence-corrected chi connectivity index (χ0v) is 20.1. The summed E-state index contributed by atoms with van der Waals surface area (Å²) < 4.78 is 52.2. The first kappa shape index (κ1) is 25.7. The van der Waals surface area contributed by atoms with Crippen LogP contribution in [-0.2, 0) is 30.2 Å². The Bertz CT molecular complexity index is 1180. The standard InChI is InChI=1S/C28H29F4N3O/c1-33-27(36)26(21-9-12-23(29)13-10-21)35(24-14-11-20-6-2-3-7-22(20)17-24)16-4-5-19-8-15-25(34-18-19)28(30,31)32/h8-15,17-18,26H,2-7,16H2,1H3,(H,33,36). The normalized spacial score (nSPS) is 14.1. The lowest BCUT2D eigenvalue weighted by molar-refractivity contribution is -0.141. The summed E-state index contributed by atoms with van der Waals surface area (Å²) in [6, 6.07) is 13.9. The Kier molecular flexibility index (Phi) is 7.91. The van der Waals surface area contributed by atoms with E-state index in [-0.39, 0.29) is 11.7 Å². The summed E-state index contributed by atoms with van der Waals surface area (Å²) in [6.45, 7) is 0.468. The van der Waals surface area contributed by atoms with Crippen LogP contribution in [0.25, 0.3) is 0 Å². The van der Waals surface area contributed by atoms with Crippen molar-refractivity contribution in [2.75, 3.05) is 18.5 Å². The van der Waals surface area contributed by atoms with Crippen molar-refractivity contribution >= 4 is 11.6 Å². The molecule has 36 heavy (non-hydrogen) atoms. The van der Waals surface area contributed by atoms with Crippen LogP contribution >= 0.6 is 0 Å². The number of aryl methyl sites for hydroxylation is 3. The molecule has 0 saturated heterocycles. The van der Waals surface area contributed by atoms with Gasteiger partial charge in [-0.05, 0) is 91.1 Å². The van der Waals surface area contributed by atoms with E-state index in [1.807, 2.05) is 11.0 Å². The molecule has 1 aromatic heterocycles. The van der Waals surface area contributed by atoms with E-state index in [1.54, 1.807) is 19.2 Å². The first-order valence-corrected chi connectivity index (χ1v) is 12.1. The number of halogens is 4. The fourth-order valence-corrected chi connectivity index (χ4v) is 4.75. The molecule has 190 valence electrons. The zero-order valence-electron chi connectivity index (χ0n) is 20.1. The van der Waals surface area contributed by atoms with Gasteiger partial charge in [0.1, 0.15) is 17.6 Å². The zero-order chi connectivity index (χ0) is 25.7. The number of hydrogen-bond acceptors (Lipinski definition) is 3. The largest absolute Gasteiger partial charge is 0.433 e. The number of likely N-dealkylation sites (N-methyl/N-ethyl adjacent to an activating group) is 1. The van der Waals surface area contributed by atoms with Gasteiger partial charge in [-0.2, -0.15) is 13.2 Å². The molecule has 4 nitrogen and oxygen atoms in total. The van der Waals surface area contributed by atoms with E-state index in [0.717, 1.165) is 37.4 Å². The van der Waals surface area contributed by atoms with Crippen LogP contribution < -0.4 is 10.2 Å². The van der Waals surface area contributed by atoms with E-state index in [9.17, 15) is 22.4 Å². The molecule has 0 radical (unpaired) electrons. The maximum absolute atomic E-state index is 13.6. The summed E-state index contributed by atoms with van der Waals surface area (Å²) in [7, 11) is 1.57. The van der Waals surface area contributed by atoms with Gasteiger partial charge in [0.25, 0.3) is 0 Å². The molecule has 0 bridgehead atoms. The van der Waals surface area contributed by atoms with Crippen molar-refractivity contribution in [3.8, 4) is 0 Å². The lowest BCUT2D eigenvalue weighted by atomic mass is 9.91. The van der Waals surface area contributed by atoms with Crippen LogP contribution in [0.5, 0.6) is 0 Å². The molecular weight excluding hydrogens is 470 g/mol. The van der Waals surface area contributed by atoms with Crippen LogP contribution in [-0.4, -0.2) is 24.5 Å². The molecule has 0 fully saturated rings. The van der Waals surface area contributed by atoms with Gasteiger partial charge in [-0.15, -0.1) is 0 Å². The summed E-state index contributed by atoms with van der Waals surface area (Å²) in [5.74, 6) is -0.611. The molecule has 0 saturated carbocycles. The quantitative estimate of drug-likeness (QED) is 0.384. The Morgan fingerprint density at radius 1 is 1.03 bits per heavy atom. The average Bonchev–Trinajstić information content (AvgIpc) is 2.88. The van der Waals surface area contributed by atoms with Crippen molar-refractivity contribution in [2.45, 2.75) is 50.7 Å². The number of hydrogen-bond donors (Lipinski definition) is 1. The third kappa shape index (κ3) is 6.04. The van der Waals surface area contributed by atoms with Crippen LogP contribution in [0.4, 0.5) is 23.2 Å². The molecule has 2 aromatic carbocycles. The average molecular weight is 500 g/mol. The first-order chi connectivity index (χ1) is 17.3. The Morgan fingerprint density at radius 2 is 1.75 bits per heavy atom. The molecule has 1 amide bonds. The Hall–Kier alpha value is -3.42. The van der Waals surface area contributed by atoms with Crippen LogP contribution in [0.3, 0.4) is 0 Å². The van der Waals surface area contributed by atoms with Gasteiger partial charge < -0.3 is 10.2 Å². The van der Waals surface area contributed by atoms with Crippen molar-refractivity contribution in [3.05, 3.63) is 94.6 Å². The number of benzene rings is 2. The highest BCUT2D eigenvalue weighted by Crippen LogP contribution is 2.32. The van der Waals surface area contributed by atoms with Crippen molar-refractivity contribution in [2.24, 2.45) is 0 Å². The Balaban J connectivity index is 1.62. The van der Waals surface area contributed by atoms with E-state index in [2.05, 4.69) is 22.4 Å². The molecule has 1 aliphatic rings. The maximum Gasteiger partial charge on any atom is 0.433 e. The minimum Gasteiger partial charge on any atom is -0.357 e. The van der Waals surface area contributed by atoms with Crippen LogP contribution in [0.15, 0.2) is 60.8 Å². The van der Waals surface area contributed by atoms with E-state index in [4.69, 9.17) is 0 Å². The number of fused-ring (bicyclic) bond motifs is 1. The number of amides is 1. The molecule has 1 heterocycles. The van der Waals surface area contributed by atoms with Gasteiger partial charge >= 0.3 is 6.18 Å². The molecule has 4 rings (SSSR count). The van der Waals surface area contributed by atoms with E-state index < -0.39 is 17.9 Å². The summed E-state index contributed by atoms with van der Waals surface area (Å²) >= 11 is 0. The second kappa shape index (κ2) is 11.1. The minimum absolute atomic E-state index is 0.226. The molecule has 1 aliphatic carbocycles. The smallest absolute Gasteiger partial charge is 0.357 e. The number of aromatic nitrogens is 1. The maximum atomic E-state index is 13.6. The molecule has 1 unspecified atom stereocenters. The van der Waals surface area contributed by atoms with Gasteiger partial charge in [-0.3, -0.25) is 9.78 Å². The number of rotatable bonds is 8. The SMILES string of the molecule is CNC(=O)C(c1ccc(F)cc1)N(CCCc1ccc(C(F)(F)F)nc1)c1ccc2c(c1)CCCC2. The molecule has 0 spiro atoms. The summed E-state index contributed by atoms with van der Waals surface area (Å²) in [5.41, 5.74) is 3.90. The van der Waals surface area contributed by atoms with Gasteiger partial charge in [0.2, 0.25) is 5.91 Å². The van der Waals surface area contributed by atoms with Crippen molar-refractivity contribution in [1.82, 2.24) is 10.3 Å². The highest BCUT2D eigenvalue weighted by Gasteiger charge is 2.32.